The third-order valence-electron chi connectivity index (χ3n) is 5.48. The van der Waals surface area contributed by atoms with Crippen molar-refractivity contribution < 1.29 is 9.90 Å². The number of allylic oxidation sites excluding steroid dienone is 2. The van der Waals surface area contributed by atoms with E-state index in [1.54, 1.807) is 6.92 Å². The van der Waals surface area contributed by atoms with E-state index in [9.17, 15) is 9.90 Å². The second kappa shape index (κ2) is 5.54. The van der Waals surface area contributed by atoms with Gasteiger partial charge in [0.25, 0.3) is 0 Å². The smallest absolute Gasteiger partial charge is 0.167 e. The minimum Gasteiger partial charge on any atom is -0.511 e. The van der Waals surface area contributed by atoms with Crippen LogP contribution >= 0.6 is 0 Å². The van der Waals surface area contributed by atoms with Crippen molar-refractivity contribution in [3.63, 3.8) is 0 Å². The van der Waals surface area contributed by atoms with Crippen LogP contribution in [0.3, 0.4) is 0 Å². The molecular weight excluding hydrogens is 248 g/mol. The molecule has 116 valence electrons. The Morgan fingerprint density at radius 3 is 1.95 bits per heavy atom. The van der Waals surface area contributed by atoms with Crippen molar-refractivity contribution in [2.45, 2.75) is 80.6 Å². The fraction of sp³-hybridized carbons (Fsp3) is 0.833. The van der Waals surface area contributed by atoms with Crippen LogP contribution in [0, 0.1) is 16.2 Å². The second-order valence-corrected chi connectivity index (χ2v) is 8.27. The summed E-state index contributed by atoms with van der Waals surface area (Å²) in [7, 11) is 0. The lowest BCUT2D eigenvalue weighted by Crippen LogP contribution is -2.36. The Balaban J connectivity index is 2.98. The molecule has 0 atom stereocenters. The molecule has 0 heterocycles. The largest absolute Gasteiger partial charge is 0.511 e. The van der Waals surface area contributed by atoms with Crippen LogP contribution in [0.25, 0.3) is 0 Å². The topological polar surface area (TPSA) is 37.3 Å². The van der Waals surface area contributed by atoms with E-state index in [-0.39, 0.29) is 22.4 Å². The Kier molecular flexibility index (Phi) is 4.78. The summed E-state index contributed by atoms with van der Waals surface area (Å²) in [5.74, 6) is 0.420. The Morgan fingerprint density at radius 1 is 1.10 bits per heavy atom. The van der Waals surface area contributed by atoms with Gasteiger partial charge in [0.05, 0.1) is 0 Å². The molecule has 1 fully saturated rings. The van der Waals surface area contributed by atoms with Gasteiger partial charge in [-0.15, -0.1) is 0 Å². The predicted octanol–water partition coefficient (Wildman–Crippen LogP) is 5.43. The molecule has 1 saturated carbocycles. The van der Waals surface area contributed by atoms with Crippen molar-refractivity contribution in [1.29, 1.82) is 0 Å². The van der Waals surface area contributed by atoms with E-state index in [0.29, 0.717) is 11.0 Å². The number of ketones is 1. The van der Waals surface area contributed by atoms with Crippen molar-refractivity contribution in [1.82, 2.24) is 0 Å². The minimum absolute atomic E-state index is 0.145. The third kappa shape index (κ3) is 3.45. The van der Waals surface area contributed by atoms with Crippen molar-refractivity contribution in [2.75, 3.05) is 0 Å². The molecule has 0 radical (unpaired) electrons. The van der Waals surface area contributed by atoms with E-state index in [4.69, 9.17) is 0 Å². The van der Waals surface area contributed by atoms with Crippen LogP contribution in [0.5, 0.6) is 0 Å². The van der Waals surface area contributed by atoms with E-state index >= 15 is 0 Å². The van der Waals surface area contributed by atoms with E-state index < -0.39 is 0 Å². The fourth-order valence-corrected chi connectivity index (χ4v) is 2.94. The molecule has 1 rings (SSSR count). The van der Waals surface area contributed by atoms with Gasteiger partial charge in [-0.3, -0.25) is 4.79 Å². The van der Waals surface area contributed by atoms with Gasteiger partial charge in [-0.1, -0.05) is 41.5 Å². The van der Waals surface area contributed by atoms with Crippen LogP contribution in [0.15, 0.2) is 11.3 Å². The zero-order valence-electron chi connectivity index (χ0n) is 14.4. The Labute approximate surface area is 124 Å². The first-order valence-corrected chi connectivity index (χ1v) is 7.90. The van der Waals surface area contributed by atoms with Gasteiger partial charge in [-0.05, 0) is 44.4 Å². The first-order valence-electron chi connectivity index (χ1n) is 7.90. The minimum atomic E-state index is -0.315. The predicted molar refractivity (Wildman–Crippen MR) is 84.8 cm³/mol. The van der Waals surface area contributed by atoms with Crippen molar-refractivity contribution in [2.24, 2.45) is 16.2 Å². The number of carbonyl (C=O) groups excluding carboxylic acids is 1. The van der Waals surface area contributed by atoms with Gasteiger partial charge < -0.3 is 5.11 Å². The molecule has 0 saturated heterocycles. The monoisotopic (exact) mass is 280 g/mol. The van der Waals surface area contributed by atoms with Crippen molar-refractivity contribution in [3.05, 3.63) is 11.3 Å². The molecule has 1 aliphatic rings. The van der Waals surface area contributed by atoms with E-state index in [0.717, 1.165) is 32.1 Å². The lowest BCUT2D eigenvalue weighted by Gasteiger charge is -2.41. The molecule has 20 heavy (non-hydrogen) atoms. The number of rotatable bonds is 4. The molecule has 0 aromatic rings. The number of aliphatic hydroxyl groups is 1. The van der Waals surface area contributed by atoms with Crippen LogP contribution in [-0.4, -0.2) is 10.9 Å². The second-order valence-electron chi connectivity index (χ2n) is 8.27. The zero-order valence-corrected chi connectivity index (χ0v) is 14.4. The number of hydrogen-bond donors (Lipinski definition) is 1. The lowest BCUT2D eigenvalue weighted by molar-refractivity contribution is -0.127. The number of hydrogen-bond acceptors (Lipinski definition) is 2. The highest BCUT2D eigenvalue weighted by molar-refractivity contribution is 5.99. The van der Waals surface area contributed by atoms with Gasteiger partial charge in [0.2, 0.25) is 0 Å². The highest BCUT2D eigenvalue weighted by Gasteiger charge is 2.41. The molecule has 1 aliphatic carbocycles. The maximum atomic E-state index is 12.8. The maximum absolute atomic E-state index is 12.8. The number of carbonyl (C=O) groups is 1. The van der Waals surface area contributed by atoms with Gasteiger partial charge >= 0.3 is 0 Å². The molecule has 0 aromatic carbocycles. The summed E-state index contributed by atoms with van der Waals surface area (Å²) in [5.41, 5.74) is 0.308. The van der Waals surface area contributed by atoms with Gasteiger partial charge in [-0.2, -0.15) is 0 Å². The quantitative estimate of drug-likeness (QED) is 0.550. The summed E-state index contributed by atoms with van der Waals surface area (Å²) in [4.78, 5) is 12.8. The average molecular weight is 280 g/mol. The summed E-state index contributed by atoms with van der Waals surface area (Å²) >= 11 is 0. The molecule has 2 nitrogen and oxygen atoms in total. The summed E-state index contributed by atoms with van der Waals surface area (Å²) in [5, 5.41) is 10.4. The van der Waals surface area contributed by atoms with Gasteiger partial charge in [0, 0.05) is 16.4 Å². The van der Waals surface area contributed by atoms with Crippen molar-refractivity contribution in [3.8, 4) is 0 Å². The summed E-state index contributed by atoms with van der Waals surface area (Å²) < 4.78 is 0. The molecule has 0 amide bonds. The highest BCUT2D eigenvalue weighted by atomic mass is 16.3. The molecule has 0 aliphatic heterocycles. The highest BCUT2D eigenvalue weighted by Crippen LogP contribution is 2.47. The normalized spacial score (nSPS) is 23.1. The maximum Gasteiger partial charge on any atom is 0.167 e. The Morgan fingerprint density at radius 2 is 1.55 bits per heavy atom. The van der Waals surface area contributed by atoms with Crippen molar-refractivity contribution >= 4 is 5.78 Å². The molecule has 0 spiro atoms. The molecule has 0 bridgehead atoms. The summed E-state index contributed by atoms with van der Waals surface area (Å²) in [6.45, 7) is 14.4. The van der Waals surface area contributed by atoms with Crippen LogP contribution in [-0.2, 0) is 4.79 Å². The summed E-state index contributed by atoms with van der Waals surface area (Å²) in [6, 6.07) is 0. The lowest BCUT2D eigenvalue weighted by atomic mass is 9.63. The fourth-order valence-electron chi connectivity index (χ4n) is 2.94. The zero-order chi connectivity index (χ0) is 15.8. The van der Waals surface area contributed by atoms with Crippen LogP contribution < -0.4 is 0 Å². The van der Waals surface area contributed by atoms with Crippen LogP contribution in [0.2, 0.25) is 0 Å². The molecule has 2 heteroatoms. The van der Waals surface area contributed by atoms with E-state index in [2.05, 4.69) is 20.8 Å². The summed E-state index contributed by atoms with van der Waals surface area (Å²) in [6.07, 6.45) is 4.85. The SMILES string of the molecule is CCC(C)(C)C(O)=C(C)C(=O)C1(C)CCC(C)(C)CC1. The average Bonchev–Trinajstić information content (AvgIpc) is 2.40. The first kappa shape index (κ1) is 17.3. The molecule has 1 N–H and O–H groups in total. The van der Waals surface area contributed by atoms with E-state index in [1.165, 1.54) is 0 Å². The molecule has 0 aromatic heterocycles. The van der Waals surface area contributed by atoms with E-state index in [1.807, 2.05) is 20.8 Å². The Hall–Kier alpha value is -0.790. The molecule has 0 unspecified atom stereocenters. The van der Waals surface area contributed by atoms with Crippen LogP contribution in [0.1, 0.15) is 80.6 Å². The first-order chi connectivity index (χ1) is 8.95. The molecular formula is C18H32O2. The van der Waals surface area contributed by atoms with Gasteiger partial charge in [0.15, 0.2) is 5.78 Å². The van der Waals surface area contributed by atoms with Gasteiger partial charge in [-0.25, -0.2) is 0 Å². The number of aliphatic hydroxyl groups excluding tert-OH is 1. The Bertz CT molecular complexity index is 403. The standard InChI is InChI=1S/C18H32O2/c1-8-17(5,6)14(19)13(2)15(20)18(7)11-9-16(3,4)10-12-18/h19H,8-12H2,1-7H3. The number of Topliss-reactive ketones (excluding diaryl/α,β-unsaturated/α-hetero) is 1. The van der Waals surface area contributed by atoms with Gasteiger partial charge in [0.1, 0.15) is 5.76 Å². The van der Waals surface area contributed by atoms with Crippen LogP contribution in [0.4, 0.5) is 0 Å². The third-order valence-corrected chi connectivity index (χ3v) is 5.48.